The SMILES string of the molecule is c1cc2cc(OCCOCC3CO3)ccc2cc1CCCCc1ccc2cc(OCCOCC3CO3)ccc2c1. The lowest BCUT2D eigenvalue weighted by Crippen LogP contribution is -2.10. The van der Waals surface area contributed by atoms with Gasteiger partial charge in [-0.05, 0) is 82.6 Å². The van der Waals surface area contributed by atoms with E-state index in [1.54, 1.807) is 0 Å². The summed E-state index contributed by atoms with van der Waals surface area (Å²) in [6, 6.07) is 26.1. The molecule has 0 aromatic heterocycles. The molecule has 2 atom stereocenters. The Morgan fingerprint density at radius 3 is 1.40 bits per heavy atom. The number of aryl methyl sites for hydroxylation is 2. The third-order valence-corrected chi connectivity index (χ3v) is 7.34. The first kappa shape index (κ1) is 27.0. The normalized spacial score (nSPS) is 17.8. The summed E-state index contributed by atoms with van der Waals surface area (Å²) in [6.07, 6.45) is 5.10. The van der Waals surface area contributed by atoms with Crippen LogP contribution in [0, 0.1) is 0 Å². The number of hydrogen-bond acceptors (Lipinski definition) is 6. The molecule has 210 valence electrons. The fourth-order valence-corrected chi connectivity index (χ4v) is 4.89. The molecule has 6 rings (SSSR count). The van der Waals surface area contributed by atoms with Gasteiger partial charge >= 0.3 is 0 Å². The largest absolute Gasteiger partial charge is 0.491 e. The van der Waals surface area contributed by atoms with Gasteiger partial charge in [0.25, 0.3) is 0 Å². The zero-order valence-electron chi connectivity index (χ0n) is 23.0. The third-order valence-electron chi connectivity index (χ3n) is 7.34. The highest BCUT2D eigenvalue weighted by molar-refractivity contribution is 5.85. The minimum Gasteiger partial charge on any atom is -0.491 e. The quantitative estimate of drug-likeness (QED) is 0.118. The summed E-state index contributed by atoms with van der Waals surface area (Å²) in [5.41, 5.74) is 2.77. The average molecular weight is 543 g/mol. The molecule has 2 fully saturated rings. The van der Waals surface area contributed by atoms with Crippen LogP contribution < -0.4 is 9.47 Å². The van der Waals surface area contributed by atoms with Crippen molar-refractivity contribution >= 4 is 21.5 Å². The highest BCUT2D eigenvalue weighted by Gasteiger charge is 2.22. The first-order chi connectivity index (χ1) is 19.8. The van der Waals surface area contributed by atoms with Crippen molar-refractivity contribution in [1.29, 1.82) is 0 Å². The monoisotopic (exact) mass is 542 g/mol. The Balaban J connectivity index is 0.919. The Bertz CT molecular complexity index is 1290. The van der Waals surface area contributed by atoms with Crippen LogP contribution in [0.1, 0.15) is 24.0 Å². The molecule has 2 aliphatic rings. The third kappa shape index (κ3) is 8.18. The summed E-state index contributed by atoms with van der Waals surface area (Å²) < 4.78 is 33.1. The smallest absolute Gasteiger partial charge is 0.120 e. The number of rotatable bonds is 17. The molecule has 6 heteroatoms. The molecule has 2 heterocycles. The topological polar surface area (TPSA) is 62.0 Å². The standard InChI is InChI=1S/C34H38O6/c1(3-25-5-7-29-19-31(11-9-27(29)17-25)37-15-13-35-21-33-23-39-33)2-4-26-6-8-30-20-32(12-10-28(30)18-26)38-16-14-36-22-34-24-40-34/h5-12,17-20,33-34H,1-4,13-16,21-24H2. The van der Waals surface area contributed by atoms with Gasteiger partial charge in [-0.15, -0.1) is 0 Å². The van der Waals surface area contributed by atoms with Crippen molar-refractivity contribution in [2.45, 2.75) is 37.9 Å². The van der Waals surface area contributed by atoms with E-state index < -0.39 is 0 Å². The van der Waals surface area contributed by atoms with Gasteiger partial charge in [0, 0.05) is 0 Å². The van der Waals surface area contributed by atoms with E-state index in [0.717, 1.165) is 37.6 Å². The van der Waals surface area contributed by atoms with Crippen molar-refractivity contribution in [3.05, 3.63) is 83.9 Å². The Hall–Kier alpha value is -3.16. The summed E-state index contributed by atoms with van der Waals surface area (Å²) >= 11 is 0. The average Bonchev–Trinajstić information content (AvgIpc) is 3.91. The summed E-state index contributed by atoms with van der Waals surface area (Å²) in [5.74, 6) is 1.77. The first-order valence-electron chi connectivity index (χ1n) is 14.5. The molecule has 4 aromatic carbocycles. The number of hydrogen-bond donors (Lipinski definition) is 0. The van der Waals surface area contributed by atoms with Gasteiger partial charge in [-0.25, -0.2) is 0 Å². The van der Waals surface area contributed by atoms with Gasteiger partial charge in [0.15, 0.2) is 0 Å². The molecule has 4 aromatic rings. The van der Waals surface area contributed by atoms with E-state index in [0.29, 0.717) is 51.8 Å². The van der Waals surface area contributed by atoms with Crippen LogP contribution in [0.2, 0.25) is 0 Å². The number of benzene rings is 4. The Morgan fingerprint density at radius 1 is 0.525 bits per heavy atom. The number of fused-ring (bicyclic) bond motifs is 2. The van der Waals surface area contributed by atoms with Crippen LogP contribution in [0.25, 0.3) is 21.5 Å². The van der Waals surface area contributed by atoms with E-state index in [-0.39, 0.29) is 0 Å². The molecule has 0 aliphatic carbocycles. The van der Waals surface area contributed by atoms with E-state index in [2.05, 4.69) is 60.7 Å². The van der Waals surface area contributed by atoms with Crippen molar-refractivity contribution in [3.8, 4) is 11.5 Å². The summed E-state index contributed by atoms with van der Waals surface area (Å²) in [5, 5.41) is 4.92. The van der Waals surface area contributed by atoms with E-state index in [1.807, 2.05) is 12.1 Å². The second-order valence-electron chi connectivity index (χ2n) is 10.7. The zero-order chi connectivity index (χ0) is 27.0. The fourth-order valence-electron chi connectivity index (χ4n) is 4.89. The molecular formula is C34H38O6. The van der Waals surface area contributed by atoms with Crippen LogP contribution in [-0.4, -0.2) is 65.1 Å². The van der Waals surface area contributed by atoms with Crippen LogP contribution in [0.15, 0.2) is 72.8 Å². The predicted octanol–water partition coefficient (Wildman–Crippen LogP) is 6.15. The molecule has 2 aliphatic heterocycles. The van der Waals surface area contributed by atoms with Crippen molar-refractivity contribution in [1.82, 2.24) is 0 Å². The van der Waals surface area contributed by atoms with E-state index in [4.69, 9.17) is 28.4 Å². The lowest BCUT2D eigenvalue weighted by atomic mass is 9.99. The van der Waals surface area contributed by atoms with Crippen LogP contribution in [-0.2, 0) is 31.8 Å². The highest BCUT2D eigenvalue weighted by Crippen LogP contribution is 2.25. The van der Waals surface area contributed by atoms with Gasteiger partial charge in [0.2, 0.25) is 0 Å². The summed E-state index contributed by atoms with van der Waals surface area (Å²) in [6.45, 7) is 5.24. The lowest BCUT2D eigenvalue weighted by molar-refractivity contribution is 0.0879. The predicted molar refractivity (Wildman–Crippen MR) is 157 cm³/mol. The second-order valence-corrected chi connectivity index (χ2v) is 10.7. The molecule has 6 nitrogen and oxygen atoms in total. The molecular weight excluding hydrogens is 504 g/mol. The molecule has 0 N–H and O–H groups in total. The molecule has 0 radical (unpaired) electrons. The lowest BCUT2D eigenvalue weighted by Gasteiger charge is -2.09. The van der Waals surface area contributed by atoms with E-state index in [1.165, 1.54) is 45.5 Å². The highest BCUT2D eigenvalue weighted by atomic mass is 16.6. The van der Waals surface area contributed by atoms with Gasteiger partial charge in [-0.1, -0.05) is 48.5 Å². The van der Waals surface area contributed by atoms with Crippen LogP contribution in [0.5, 0.6) is 11.5 Å². The minimum atomic E-state index is 0.299. The molecule has 0 amide bonds. The van der Waals surface area contributed by atoms with Crippen molar-refractivity contribution in [2.75, 3.05) is 52.9 Å². The van der Waals surface area contributed by atoms with E-state index >= 15 is 0 Å². The maximum absolute atomic E-state index is 5.85. The first-order valence-corrected chi connectivity index (χ1v) is 14.5. The van der Waals surface area contributed by atoms with Crippen LogP contribution in [0.4, 0.5) is 0 Å². The van der Waals surface area contributed by atoms with Gasteiger partial charge in [0.05, 0.1) is 39.6 Å². The summed E-state index contributed by atoms with van der Waals surface area (Å²) in [4.78, 5) is 0. The molecule has 0 saturated carbocycles. The number of ether oxygens (including phenoxy) is 6. The Kier molecular flexibility index (Phi) is 9.10. The maximum atomic E-state index is 5.85. The van der Waals surface area contributed by atoms with Gasteiger partial charge in [-0.3, -0.25) is 0 Å². The zero-order valence-corrected chi connectivity index (χ0v) is 23.0. The Labute approximate surface area is 236 Å². The Morgan fingerprint density at radius 2 is 0.950 bits per heavy atom. The van der Waals surface area contributed by atoms with Crippen LogP contribution >= 0.6 is 0 Å². The molecule has 0 bridgehead atoms. The number of unbranched alkanes of at least 4 members (excludes halogenated alkanes) is 1. The minimum absolute atomic E-state index is 0.299. The molecule has 2 unspecified atom stereocenters. The van der Waals surface area contributed by atoms with Gasteiger partial charge in [0.1, 0.15) is 36.9 Å². The maximum Gasteiger partial charge on any atom is 0.120 e. The molecule has 0 spiro atoms. The van der Waals surface area contributed by atoms with Gasteiger partial charge < -0.3 is 28.4 Å². The van der Waals surface area contributed by atoms with Crippen molar-refractivity contribution in [3.63, 3.8) is 0 Å². The van der Waals surface area contributed by atoms with Crippen molar-refractivity contribution in [2.24, 2.45) is 0 Å². The van der Waals surface area contributed by atoms with E-state index in [9.17, 15) is 0 Å². The molecule has 2 saturated heterocycles. The van der Waals surface area contributed by atoms with Crippen molar-refractivity contribution < 1.29 is 28.4 Å². The summed E-state index contributed by atoms with van der Waals surface area (Å²) in [7, 11) is 0. The van der Waals surface area contributed by atoms with Crippen LogP contribution in [0.3, 0.4) is 0 Å². The second kappa shape index (κ2) is 13.5. The van der Waals surface area contributed by atoms with Gasteiger partial charge in [-0.2, -0.15) is 0 Å². The molecule has 40 heavy (non-hydrogen) atoms. The number of epoxide rings is 2. The fraction of sp³-hybridized carbons (Fsp3) is 0.412.